The molecule has 2 aromatic rings. The van der Waals surface area contributed by atoms with E-state index in [9.17, 15) is 0 Å². The highest BCUT2D eigenvalue weighted by molar-refractivity contribution is 14.0. The standard InChI is InChI=1S/C22H31N5O.HI/c1-18-5-3-6-19(17-18)25-22(23)24-11-4-12-26-13-15-27(16-14-26)20-7-9-21(28-2)10-8-20;/h3,5-10,17H,4,11-16H2,1-2H3,(H3,23,24,25);1H. The Balaban J connectivity index is 0.00000300. The molecule has 0 unspecified atom stereocenters. The Morgan fingerprint density at radius 3 is 2.48 bits per heavy atom. The molecule has 0 amide bonds. The van der Waals surface area contributed by atoms with Gasteiger partial charge in [0.2, 0.25) is 0 Å². The molecule has 1 fully saturated rings. The number of anilines is 2. The first-order valence-corrected chi connectivity index (χ1v) is 9.89. The molecule has 1 aliphatic rings. The van der Waals surface area contributed by atoms with E-state index in [2.05, 4.69) is 51.3 Å². The van der Waals surface area contributed by atoms with Crippen LogP contribution in [0.25, 0.3) is 0 Å². The lowest BCUT2D eigenvalue weighted by Crippen LogP contribution is -2.46. The van der Waals surface area contributed by atoms with E-state index in [4.69, 9.17) is 10.5 Å². The number of halogens is 1. The molecule has 158 valence electrons. The maximum absolute atomic E-state index is 5.99. The minimum Gasteiger partial charge on any atom is -0.497 e. The number of aliphatic imine (C=N–C) groups is 1. The van der Waals surface area contributed by atoms with Crippen LogP contribution < -0.4 is 20.7 Å². The molecule has 7 heteroatoms. The summed E-state index contributed by atoms with van der Waals surface area (Å²) in [4.78, 5) is 9.37. The minimum atomic E-state index is 0. The smallest absolute Gasteiger partial charge is 0.193 e. The number of nitrogens with two attached hydrogens (primary N) is 1. The van der Waals surface area contributed by atoms with Gasteiger partial charge in [-0.25, -0.2) is 0 Å². The fourth-order valence-electron chi connectivity index (χ4n) is 3.43. The van der Waals surface area contributed by atoms with Crippen molar-refractivity contribution in [2.24, 2.45) is 10.7 Å². The summed E-state index contributed by atoms with van der Waals surface area (Å²) in [5.41, 5.74) is 9.43. The Bertz CT molecular complexity index is 773. The lowest BCUT2D eigenvalue weighted by atomic mass is 10.2. The number of aryl methyl sites for hydroxylation is 1. The van der Waals surface area contributed by atoms with Crippen LogP contribution in [0.2, 0.25) is 0 Å². The number of nitrogens with one attached hydrogen (secondary N) is 1. The van der Waals surface area contributed by atoms with Crippen molar-refractivity contribution >= 4 is 41.3 Å². The number of hydrogen-bond acceptors (Lipinski definition) is 4. The third-order valence-electron chi connectivity index (χ3n) is 5.01. The van der Waals surface area contributed by atoms with Crippen LogP contribution in [0.5, 0.6) is 5.75 Å². The summed E-state index contributed by atoms with van der Waals surface area (Å²) in [6.07, 6.45) is 1.01. The highest BCUT2D eigenvalue weighted by atomic mass is 127. The van der Waals surface area contributed by atoms with Gasteiger partial charge in [0.15, 0.2) is 5.96 Å². The second-order valence-electron chi connectivity index (χ2n) is 7.14. The van der Waals surface area contributed by atoms with Crippen LogP contribution in [0.1, 0.15) is 12.0 Å². The van der Waals surface area contributed by atoms with Gasteiger partial charge in [0.25, 0.3) is 0 Å². The van der Waals surface area contributed by atoms with Crippen LogP contribution in [-0.2, 0) is 0 Å². The number of ether oxygens (including phenoxy) is 1. The SMILES string of the molecule is COc1ccc(N2CCN(CCCN=C(N)Nc3cccc(C)c3)CC2)cc1.I. The monoisotopic (exact) mass is 509 g/mol. The molecule has 0 saturated carbocycles. The summed E-state index contributed by atoms with van der Waals surface area (Å²) in [5, 5.41) is 3.15. The zero-order valence-corrected chi connectivity index (χ0v) is 19.6. The van der Waals surface area contributed by atoms with E-state index < -0.39 is 0 Å². The molecule has 2 aromatic carbocycles. The zero-order chi connectivity index (χ0) is 19.8. The molecule has 0 atom stereocenters. The molecule has 3 N–H and O–H groups in total. The van der Waals surface area contributed by atoms with E-state index in [1.54, 1.807) is 7.11 Å². The molecule has 0 radical (unpaired) electrons. The lowest BCUT2D eigenvalue weighted by molar-refractivity contribution is 0.256. The van der Waals surface area contributed by atoms with E-state index in [0.29, 0.717) is 5.96 Å². The van der Waals surface area contributed by atoms with Gasteiger partial charge in [0, 0.05) is 50.6 Å². The van der Waals surface area contributed by atoms with Crippen molar-refractivity contribution in [2.45, 2.75) is 13.3 Å². The van der Waals surface area contributed by atoms with Crippen LogP contribution in [0, 0.1) is 6.92 Å². The van der Waals surface area contributed by atoms with Crippen molar-refractivity contribution in [1.82, 2.24) is 4.90 Å². The Kier molecular flexibility index (Phi) is 9.53. The Morgan fingerprint density at radius 2 is 1.83 bits per heavy atom. The average molecular weight is 509 g/mol. The number of hydrogen-bond donors (Lipinski definition) is 2. The van der Waals surface area contributed by atoms with Crippen molar-refractivity contribution in [1.29, 1.82) is 0 Å². The zero-order valence-electron chi connectivity index (χ0n) is 17.3. The average Bonchev–Trinajstić information content (AvgIpc) is 2.72. The number of rotatable bonds is 7. The Hall–Kier alpha value is -2.00. The molecule has 1 saturated heterocycles. The van der Waals surface area contributed by atoms with Gasteiger partial charge in [0.05, 0.1) is 7.11 Å². The summed E-state index contributed by atoms with van der Waals surface area (Å²) in [6, 6.07) is 16.4. The summed E-state index contributed by atoms with van der Waals surface area (Å²) in [7, 11) is 1.70. The van der Waals surface area contributed by atoms with Gasteiger partial charge in [-0.05, 0) is 55.3 Å². The van der Waals surface area contributed by atoms with Crippen LogP contribution in [0.15, 0.2) is 53.5 Å². The molecule has 0 bridgehead atoms. The molecular formula is C22H32IN5O. The predicted molar refractivity (Wildman–Crippen MR) is 133 cm³/mol. The van der Waals surface area contributed by atoms with Crippen molar-refractivity contribution < 1.29 is 4.74 Å². The van der Waals surface area contributed by atoms with Crippen molar-refractivity contribution in [2.75, 3.05) is 56.6 Å². The summed E-state index contributed by atoms with van der Waals surface area (Å²) in [6.45, 7) is 8.10. The topological polar surface area (TPSA) is 66.1 Å². The van der Waals surface area contributed by atoms with Gasteiger partial charge in [-0.1, -0.05) is 12.1 Å². The van der Waals surface area contributed by atoms with Crippen LogP contribution in [-0.4, -0.2) is 57.2 Å². The highest BCUT2D eigenvalue weighted by Gasteiger charge is 2.16. The lowest BCUT2D eigenvalue weighted by Gasteiger charge is -2.36. The molecule has 3 rings (SSSR count). The quantitative estimate of drug-likeness (QED) is 0.259. The molecule has 1 aliphatic heterocycles. The van der Waals surface area contributed by atoms with Crippen LogP contribution in [0.3, 0.4) is 0 Å². The first-order valence-electron chi connectivity index (χ1n) is 9.89. The maximum atomic E-state index is 5.99. The second-order valence-corrected chi connectivity index (χ2v) is 7.14. The van der Waals surface area contributed by atoms with E-state index in [1.165, 1.54) is 11.3 Å². The van der Waals surface area contributed by atoms with Gasteiger partial charge in [0.1, 0.15) is 5.75 Å². The van der Waals surface area contributed by atoms with Crippen LogP contribution >= 0.6 is 24.0 Å². The predicted octanol–water partition coefficient (Wildman–Crippen LogP) is 3.56. The fraction of sp³-hybridized carbons (Fsp3) is 0.409. The molecule has 1 heterocycles. The number of methoxy groups -OCH3 is 1. The Labute approximate surface area is 191 Å². The number of benzene rings is 2. The van der Waals surface area contributed by atoms with E-state index in [0.717, 1.165) is 57.1 Å². The maximum Gasteiger partial charge on any atom is 0.193 e. The molecular weight excluding hydrogens is 477 g/mol. The first kappa shape index (κ1) is 23.3. The van der Waals surface area contributed by atoms with Crippen molar-refractivity contribution in [3.8, 4) is 5.75 Å². The molecule has 6 nitrogen and oxygen atoms in total. The van der Waals surface area contributed by atoms with Gasteiger partial charge in [-0.15, -0.1) is 24.0 Å². The Morgan fingerprint density at radius 1 is 1.10 bits per heavy atom. The molecule has 0 spiro atoms. The van der Waals surface area contributed by atoms with Gasteiger partial charge in [-0.2, -0.15) is 0 Å². The summed E-state index contributed by atoms with van der Waals surface area (Å²) in [5.74, 6) is 1.38. The van der Waals surface area contributed by atoms with E-state index in [-0.39, 0.29) is 24.0 Å². The van der Waals surface area contributed by atoms with Gasteiger partial charge >= 0.3 is 0 Å². The number of nitrogens with zero attached hydrogens (tertiary/aromatic N) is 3. The van der Waals surface area contributed by atoms with Crippen molar-refractivity contribution in [3.63, 3.8) is 0 Å². The third-order valence-corrected chi connectivity index (χ3v) is 5.01. The molecule has 29 heavy (non-hydrogen) atoms. The molecule has 0 aliphatic carbocycles. The highest BCUT2D eigenvalue weighted by Crippen LogP contribution is 2.20. The fourth-order valence-corrected chi connectivity index (χ4v) is 3.43. The number of piperazine rings is 1. The van der Waals surface area contributed by atoms with Crippen molar-refractivity contribution in [3.05, 3.63) is 54.1 Å². The number of guanidine groups is 1. The normalized spacial score (nSPS) is 15.0. The third kappa shape index (κ3) is 7.40. The van der Waals surface area contributed by atoms with E-state index >= 15 is 0 Å². The van der Waals surface area contributed by atoms with Gasteiger partial charge < -0.3 is 20.7 Å². The first-order chi connectivity index (χ1) is 13.6. The minimum absolute atomic E-state index is 0. The van der Waals surface area contributed by atoms with Gasteiger partial charge in [-0.3, -0.25) is 9.89 Å². The van der Waals surface area contributed by atoms with Crippen LogP contribution in [0.4, 0.5) is 11.4 Å². The molecule has 0 aromatic heterocycles. The second kappa shape index (κ2) is 11.9. The van der Waals surface area contributed by atoms with E-state index in [1.807, 2.05) is 24.3 Å². The summed E-state index contributed by atoms with van der Waals surface area (Å²) >= 11 is 0. The summed E-state index contributed by atoms with van der Waals surface area (Å²) < 4.78 is 5.23. The largest absolute Gasteiger partial charge is 0.497 e.